The molecule has 308 valence electrons. The second-order valence-electron chi connectivity index (χ2n) is 12.5. The molecule has 2 aromatic heterocycles. The summed E-state index contributed by atoms with van der Waals surface area (Å²) >= 11 is 1.30. The minimum atomic E-state index is -5.56. The fourth-order valence-electron chi connectivity index (χ4n) is 4.79. The zero-order valence-corrected chi connectivity index (χ0v) is 32.8. The summed E-state index contributed by atoms with van der Waals surface area (Å²) in [4.78, 5) is 75.5. The number of phosphoric acid groups is 3. The van der Waals surface area contributed by atoms with Gasteiger partial charge in [-0.25, -0.2) is 28.6 Å². The topological polar surface area (TPSA) is 367 Å². The first kappa shape index (κ1) is 46.2. The number of nitrogens with one attached hydrogen (secondary N) is 2. The van der Waals surface area contributed by atoms with Crippen molar-refractivity contribution in [2.45, 2.75) is 82.5 Å². The molecule has 1 fully saturated rings. The fourth-order valence-corrected chi connectivity index (χ4v) is 8.44. The van der Waals surface area contributed by atoms with Crippen molar-refractivity contribution in [3.8, 4) is 0 Å². The van der Waals surface area contributed by atoms with E-state index in [1.54, 1.807) is 0 Å². The van der Waals surface area contributed by atoms with E-state index in [9.17, 15) is 58.2 Å². The first-order valence-corrected chi connectivity index (χ1v) is 21.8. The first-order valence-electron chi connectivity index (χ1n) is 16.2. The van der Waals surface area contributed by atoms with Crippen LogP contribution < -0.4 is 16.4 Å². The molecule has 0 aliphatic carbocycles. The van der Waals surface area contributed by atoms with E-state index >= 15 is 0 Å². The van der Waals surface area contributed by atoms with Crippen molar-refractivity contribution in [3.63, 3.8) is 0 Å². The number of imidazole rings is 1. The van der Waals surface area contributed by atoms with Crippen molar-refractivity contribution in [2.75, 3.05) is 37.8 Å². The minimum Gasteiger partial charge on any atom is -0.386 e. The summed E-state index contributed by atoms with van der Waals surface area (Å²) in [5.74, 6) is -0.904. The maximum absolute atomic E-state index is 12.7. The van der Waals surface area contributed by atoms with Gasteiger partial charge in [0, 0.05) is 30.7 Å². The average molecular weight is 854 g/mol. The number of nitrogens with zero attached hydrogens (tertiary/aromatic N) is 4. The summed E-state index contributed by atoms with van der Waals surface area (Å²) < 4.78 is 62.0. The number of anilines is 1. The molecule has 24 nitrogen and oxygen atoms in total. The Balaban J connectivity index is 1.50. The van der Waals surface area contributed by atoms with Gasteiger partial charge in [-0.3, -0.25) is 27.7 Å². The minimum absolute atomic E-state index is 0.0340. The standard InChI is InChI=1S/C26H46N7O17P3S/c1-4-5-6-17(35)54-10-9-28-16(34)7-8-29-24(38)21(37)26(2,3)12-47-53(44,45)50-52(42,43)46-11-15-20(49-51(39,40)41)19(36)25(48-15)33-14-32-18-22(27)30-13-31-23(18)33/h13-15,17,19-21,25,35-37H,4-12H2,1-3H3,(H,28,34)(H,29,38)(H,42,43)(H,44,45)(H2,27,30,31)(H2,39,40,41)/t15-,17?,19-,20-,21+,25-/m1/s1. The molecular weight excluding hydrogens is 807 g/mol. The van der Waals surface area contributed by atoms with E-state index in [1.807, 2.05) is 6.92 Å². The number of hydrogen-bond donors (Lipinski definition) is 10. The number of nitrogen functional groups attached to an aromatic ring is 1. The lowest BCUT2D eigenvalue weighted by Crippen LogP contribution is -2.46. The number of carbonyl (C=O) groups is 2. The Hall–Kier alpha value is -2.15. The van der Waals surface area contributed by atoms with Crippen LogP contribution in [-0.4, -0.2) is 128 Å². The van der Waals surface area contributed by atoms with Crippen LogP contribution in [0.2, 0.25) is 0 Å². The number of nitrogens with two attached hydrogens (primary N) is 1. The highest BCUT2D eigenvalue weighted by molar-refractivity contribution is 7.99. The molecule has 0 bridgehead atoms. The van der Waals surface area contributed by atoms with Crippen molar-refractivity contribution < 1.29 is 80.8 Å². The molecule has 2 aromatic rings. The SMILES string of the molecule is CCCCC(O)SCCNC(=O)CCNC(=O)[C@H](O)C(C)(C)COP(=O)(O)OP(=O)(O)OC[C@H]1O[C@@H](n2cnc3c(N)ncnc32)[C@H](O)[C@@H]1OP(=O)(O)O. The molecule has 0 saturated carbocycles. The Morgan fingerprint density at radius 2 is 1.76 bits per heavy atom. The smallest absolute Gasteiger partial charge is 0.386 e. The number of carbonyl (C=O) groups excluding carboxylic acids is 2. The van der Waals surface area contributed by atoms with Gasteiger partial charge in [-0.1, -0.05) is 33.6 Å². The number of hydrogen-bond acceptors (Lipinski definition) is 18. The Kier molecular flexibility index (Phi) is 17.0. The molecule has 2 amide bonds. The Morgan fingerprint density at radius 1 is 1.07 bits per heavy atom. The number of unbranched alkanes of at least 4 members (excludes halogenated alkanes) is 1. The predicted octanol–water partition coefficient (Wildman–Crippen LogP) is -0.353. The summed E-state index contributed by atoms with van der Waals surface area (Å²) in [6.45, 7) is 2.66. The third-order valence-corrected chi connectivity index (χ3v) is 11.8. The molecule has 1 aliphatic heterocycles. The second-order valence-corrected chi connectivity index (χ2v) is 18.1. The van der Waals surface area contributed by atoms with Crippen LogP contribution in [0.3, 0.4) is 0 Å². The van der Waals surface area contributed by atoms with Crippen molar-refractivity contribution in [1.29, 1.82) is 0 Å². The van der Waals surface area contributed by atoms with Crippen LogP contribution in [0, 0.1) is 5.41 Å². The Bertz CT molecular complexity index is 1720. The van der Waals surface area contributed by atoms with E-state index < -0.39 is 90.0 Å². The third-order valence-electron chi connectivity index (χ3n) is 7.62. The van der Waals surface area contributed by atoms with Crippen LogP contribution in [0.25, 0.3) is 11.2 Å². The number of amides is 2. The number of thioether (sulfide) groups is 1. The van der Waals surface area contributed by atoms with Gasteiger partial charge in [-0.2, -0.15) is 4.31 Å². The number of aliphatic hydroxyl groups is 3. The zero-order chi connectivity index (χ0) is 40.5. The number of fused-ring (bicyclic) bond motifs is 1. The van der Waals surface area contributed by atoms with Crippen molar-refractivity contribution in [1.82, 2.24) is 30.2 Å². The fraction of sp³-hybridized carbons (Fsp3) is 0.731. The highest BCUT2D eigenvalue weighted by Crippen LogP contribution is 2.61. The number of phosphoric ester groups is 3. The van der Waals surface area contributed by atoms with Crippen molar-refractivity contribution in [2.24, 2.45) is 5.41 Å². The Labute approximate surface area is 313 Å². The summed E-state index contributed by atoms with van der Waals surface area (Å²) in [6.07, 6.45) is -4.34. The van der Waals surface area contributed by atoms with Gasteiger partial charge in [0.05, 0.1) is 25.0 Å². The van der Waals surface area contributed by atoms with Crippen LogP contribution >= 0.6 is 35.2 Å². The molecule has 11 N–H and O–H groups in total. The maximum atomic E-state index is 12.7. The third kappa shape index (κ3) is 14.1. The molecule has 8 atom stereocenters. The first-order chi connectivity index (χ1) is 25.1. The highest BCUT2D eigenvalue weighted by atomic mass is 32.2. The molecule has 1 aliphatic rings. The van der Waals surface area contributed by atoms with Crippen molar-refractivity contribution >= 4 is 64.0 Å². The van der Waals surface area contributed by atoms with Gasteiger partial charge in [0.25, 0.3) is 0 Å². The highest BCUT2D eigenvalue weighted by Gasteiger charge is 2.50. The maximum Gasteiger partial charge on any atom is 0.481 e. The number of ether oxygens (including phenoxy) is 1. The normalized spacial score (nSPS) is 22.7. The van der Waals surface area contributed by atoms with E-state index in [1.165, 1.54) is 25.6 Å². The van der Waals surface area contributed by atoms with Crippen LogP contribution in [0.5, 0.6) is 0 Å². The van der Waals surface area contributed by atoms with Gasteiger partial charge in [-0.15, -0.1) is 11.8 Å². The number of aliphatic hydroxyl groups excluding tert-OH is 3. The van der Waals surface area contributed by atoms with Gasteiger partial charge in [0.2, 0.25) is 11.8 Å². The van der Waals surface area contributed by atoms with E-state index in [2.05, 4.69) is 34.4 Å². The molecule has 3 rings (SSSR count). The molecule has 3 heterocycles. The summed E-state index contributed by atoms with van der Waals surface area (Å²) in [7, 11) is -16.4. The number of aromatic nitrogens is 4. The van der Waals surface area contributed by atoms with Gasteiger partial charge in [-0.05, 0) is 6.42 Å². The number of rotatable bonds is 23. The molecule has 0 aromatic carbocycles. The van der Waals surface area contributed by atoms with E-state index in [4.69, 9.17) is 19.5 Å². The molecule has 3 unspecified atom stereocenters. The average Bonchev–Trinajstić information content (AvgIpc) is 3.63. The van der Waals surface area contributed by atoms with E-state index in [0.29, 0.717) is 18.7 Å². The Morgan fingerprint density at radius 3 is 2.43 bits per heavy atom. The zero-order valence-electron chi connectivity index (χ0n) is 29.3. The van der Waals surface area contributed by atoms with Crippen molar-refractivity contribution in [3.05, 3.63) is 12.7 Å². The van der Waals surface area contributed by atoms with Crippen LogP contribution in [0.1, 0.15) is 52.7 Å². The van der Waals surface area contributed by atoms with Gasteiger partial charge in [0.1, 0.15) is 36.3 Å². The molecule has 54 heavy (non-hydrogen) atoms. The van der Waals surface area contributed by atoms with E-state index in [0.717, 1.165) is 30.1 Å². The molecule has 28 heteroatoms. The molecular formula is C26H46N7O17P3S. The monoisotopic (exact) mass is 853 g/mol. The van der Waals surface area contributed by atoms with Crippen LogP contribution in [0.15, 0.2) is 12.7 Å². The van der Waals surface area contributed by atoms with Gasteiger partial charge >= 0.3 is 23.5 Å². The lowest BCUT2D eigenvalue weighted by atomic mass is 9.87. The van der Waals surface area contributed by atoms with Gasteiger partial charge < -0.3 is 56.0 Å². The largest absolute Gasteiger partial charge is 0.481 e. The molecule has 0 radical (unpaired) electrons. The van der Waals surface area contributed by atoms with E-state index in [-0.39, 0.29) is 29.9 Å². The second kappa shape index (κ2) is 19.8. The summed E-state index contributed by atoms with van der Waals surface area (Å²) in [6, 6.07) is 0. The molecule has 1 saturated heterocycles. The lowest BCUT2D eigenvalue weighted by molar-refractivity contribution is -0.137. The van der Waals surface area contributed by atoms with Crippen LogP contribution in [0.4, 0.5) is 5.82 Å². The lowest BCUT2D eigenvalue weighted by Gasteiger charge is -2.30. The summed E-state index contributed by atoms with van der Waals surface area (Å²) in [5.41, 5.74) is 3.76. The summed E-state index contributed by atoms with van der Waals surface area (Å²) in [5, 5.41) is 36.2. The quantitative estimate of drug-likeness (QED) is 0.0388. The van der Waals surface area contributed by atoms with Gasteiger partial charge in [0.15, 0.2) is 17.7 Å². The molecule has 0 spiro atoms. The predicted molar refractivity (Wildman–Crippen MR) is 188 cm³/mol. The van der Waals surface area contributed by atoms with Crippen LogP contribution in [-0.2, 0) is 45.9 Å².